The Hall–Kier alpha value is -2.33. The Kier molecular flexibility index (Phi) is 4.22. The SMILES string of the molecule is CCSC(=O)C1CNC2=C(C(=O)c3ccccc32)C1c1ccccc1. The molecule has 2 aromatic rings. The van der Waals surface area contributed by atoms with E-state index in [1.165, 1.54) is 11.8 Å². The molecular weight excluding hydrogens is 330 g/mol. The largest absolute Gasteiger partial charge is 0.383 e. The van der Waals surface area contributed by atoms with Gasteiger partial charge in [-0.3, -0.25) is 9.59 Å². The van der Waals surface area contributed by atoms with E-state index in [0.717, 1.165) is 33.7 Å². The third-order valence-electron chi connectivity index (χ3n) is 4.92. The second kappa shape index (κ2) is 6.52. The van der Waals surface area contributed by atoms with E-state index >= 15 is 0 Å². The van der Waals surface area contributed by atoms with E-state index in [2.05, 4.69) is 5.32 Å². The van der Waals surface area contributed by atoms with Crippen molar-refractivity contribution in [2.24, 2.45) is 5.92 Å². The van der Waals surface area contributed by atoms with Crippen LogP contribution in [0.5, 0.6) is 0 Å². The lowest BCUT2D eigenvalue weighted by atomic mass is 9.77. The zero-order chi connectivity index (χ0) is 17.4. The summed E-state index contributed by atoms with van der Waals surface area (Å²) in [6.45, 7) is 2.55. The van der Waals surface area contributed by atoms with Gasteiger partial charge in [-0.1, -0.05) is 73.3 Å². The van der Waals surface area contributed by atoms with Crippen molar-refractivity contribution in [1.82, 2.24) is 5.32 Å². The molecule has 3 nitrogen and oxygen atoms in total. The number of allylic oxidation sites excluding steroid dienone is 1. The standard InChI is InChI=1S/C21H19NO2S/c1-2-25-21(24)16-12-22-19-14-10-6-7-11-15(14)20(23)18(19)17(16)13-8-4-3-5-9-13/h3-11,16-17,22H,2,12H2,1H3. The first kappa shape index (κ1) is 16.2. The molecule has 1 aliphatic carbocycles. The number of ketones is 1. The van der Waals surface area contributed by atoms with Gasteiger partial charge in [0.2, 0.25) is 0 Å². The van der Waals surface area contributed by atoms with Crippen LogP contribution in [0.3, 0.4) is 0 Å². The summed E-state index contributed by atoms with van der Waals surface area (Å²) in [6.07, 6.45) is 0. The molecule has 0 saturated carbocycles. The van der Waals surface area contributed by atoms with Crippen LogP contribution in [0.2, 0.25) is 0 Å². The molecule has 2 atom stereocenters. The van der Waals surface area contributed by atoms with Crippen LogP contribution < -0.4 is 5.32 Å². The smallest absolute Gasteiger partial charge is 0.194 e. The van der Waals surface area contributed by atoms with E-state index in [0.29, 0.717) is 6.54 Å². The molecule has 0 saturated heterocycles. The van der Waals surface area contributed by atoms with Gasteiger partial charge in [-0.2, -0.15) is 0 Å². The highest BCUT2D eigenvalue weighted by Gasteiger charge is 2.44. The molecule has 2 aliphatic rings. The predicted octanol–water partition coefficient (Wildman–Crippen LogP) is 3.88. The number of carbonyl (C=O) groups excluding carboxylic acids is 2. The van der Waals surface area contributed by atoms with Gasteiger partial charge in [0.05, 0.1) is 5.92 Å². The maximum atomic E-state index is 13.1. The highest BCUT2D eigenvalue weighted by Crippen LogP contribution is 2.46. The van der Waals surface area contributed by atoms with Crippen LogP contribution in [0.25, 0.3) is 5.70 Å². The fraction of sp³-hybridized carbons (Fsp3) is 0.238. The Morgan fingerprint density at radius 3 is 2.48 bits per heavy atom. The zero-order valence-corrected chi connectivity index (χ0v) is 14.8. The van der Waals surface area contributed by atoms with Crippen LogP contribution in [0, 0.1) is 5.92 Å². The minimum absolute atomic E-state index is 0.0472. The minimum atomic E-state index is -0.232. The van der Waals surface area contributed by atoms with Crippen LogP contribution in [-0.2, 0) is 4.79 Å². The van der Waals surface area contributed by atoms with Gasteiger partial charge in [0, 0.05) is 34.9 Å². The van der Waals surface area contributed by atoms with Crippen molar-refractivity contribution >= 4 is 28.4 Å². The van der Waals surface area contributed by atoms with E-state index in [-0.39, 0.29) is 22.7 Å². The maximum Gasteiger partial charge on any atom is 0.194 e. The lowest BCUT2D eigenvalue weighted by Crippen LogP contribution is -2.38. The molecule has 0 spiro atoms. The van der Waals surface area contributed by atoms with Gasteiger partial charge in [0.1, 0.15) is 0 Å². The van der Waals surface area contributed by atoms with E-state index in [4.69, 9.17) is 0 Å². The highest BCUT2D eigenvalue weighted by atomic mass is 32.2. The van der Waals surface area contributed by atoms with Crippen molar-refractivity contribution < 1.29 is 9.59 Å². The number of fused-ring (bicyclic) bond motifs is 2. The molecule has 2 unspecified atom stereocenters. The molecule has 0 aromatic heterocycles. The topological polar surface area (TPSA) is 46.2 Å². The molecule has 4 heteroatoms. The van der Waals surface area contributed by atoms with Gasteiger partial charge < -0.3 is 5.32 Å². The van der Waals surface area contributed by atoms with Crippen LogP contribution in [-0.4, -0.2) is 23.2 Å². The number of thioether (sulfide) groups is 1. The monoisotopic (exact) mass is 349 g/mol. The van der Waals surface area contributed by atoms with E-state index in [1.54, 1.807) is 0 Å². The average Bonchev–Trinajstić information content (AvgIpc) is 2.95. The molecular formula is C21H19NO2S. The van der Waals surface area contributed by atoms with Gasteiger partial charge in [-0.05, 0) is 11.3 Å². The van der Waals surface area contributed by atoms with Crippen LogP contribution in [0.1, 0.15) is 34.3 Å². The van der Waals surface area contributed by atoms with Gasteiger partial charge >= 0.3 is 0 Å². The molecule has 0 radical (unpaired) electrons. The molecule has 126 valence electrons. The second-order valence-corrected chi connectivity index (χ2v) is 7.56. The first-order valence-electron chi connectivity index (χ1n) is 8.56. The lowest BCUT2D eigenvalue weighted by Gasteiger charge is -2.33. The summed E-state index contributed by atoms with van der Waals surface area (Å²) in [5.41, 5.74) is 4.37. The molecule has 0 amide bonds. The van der Waals surface area contributed by atoms with E-state index < -0.39 is 0 Å². The third-order valence-corrected chi connectivity index (χ3v) is 5.79. The molecule has 0 bridgehead atoms. The summed E-state index contributed by atoms with van der Waals surface area (Å²) in [6, 6.07) is 17.6. The van der Waals surface area contributed by atoms with Crippen LogP contribution in [0.15, 0.2) is 60.2 Å². The van der Waals surface area contributed by atoms with Crippen LogP contribution >= 0.6 is 11.8 Å². The van der Waals surface area contributed by atoms with Gasteiger partial charge in [0.25, 0.3) is 0 Å². The quantitative estimate of drug-likeness (QED) is 0.913. The summed E-state index contributed by atoms with van der Waals surface area (Å²) < 4.78 is 0. The van der Waals surface area contributed by atoms with Crippen molar-refractivity contribution in [2.45, 2.75) is 12.8 Å². The lowest BCUT2D eigenvalue weighted by molar-refractivity contribution is -0.114. The number of rotatable bonds is 3. The fourth-order valence-electron chi connectivity index (χ4n) is 3.85. The molecule has 1 aliphatic heterocycles. The minimum Gasteiger partial charge on any atom is -0.383 e. The summed E-state index contributed by atoms with van der Waals surface area (Å²) in [5, 5.41) is 3.53. The summed E-state index contributed by atoms with van der Waals surface area (Å²) in [7, 11) is 0. The molecule has 2 aromatic carbocycles. The van der Waals surface area contributed by atoms with Crippen LogP contribution in [0.4, 0.5) is 0 Å². The Morgan fingerprint density at radius 2 is 1.76 bits per heavy atom. The Balaban J connectivity index is 1.86. The van der Waals surface area contributed by atoms with E-state index in [1.807, 2.05) is 61.5 Å². The average molecular weight is 349 g/mol. The first-order valence-corrected chi connectivity index (χ1v) is 9.54. The number of nitrogens with one attached hydrogen (secondary N) is 1. The number of hydrogen-bond donors (Lipinski definition) is 1. The zero-order valence-electron chi connectivity index (χ0n) is 14.0. The Labute approximate surface area is 151 Å². The van der Waals surface area contributed by atoms with Crippen molar-refractivity contribution in [2.75, 3.05) is 12.3 Å². The van der Waals surface area contributed by atoms with Gasteiger partial charge in [-0.25, -0.2) is 0 Å². The molecule has 4 rings (SSSR count). The number of Topliss-reactive ketones (excluding diaryl/α,β-unsaturated/α-hetero) is 1. The van der Waals surface area contributed by atoms with E-state index in [9.17, 15) is 9.59 Å². The number of carbonyl (C=O) groups is 2. The molecule has 25 heavy (non-hydrogen) atoms. The molecule has 0 fully saturated rings. The number of hydrogen-bond acceptors (Lipinski definition) is 4. The summed E-state index contributed by atoms with van der Waals surface area (Å²) in [5.74, 6) is 0.371. The maximum absolute atomic E-state index is 13.1. The Bertz CT molecular complexity index is 872. The van der Waals surface area contributed by atoms with Crippen molar-refractivity contribution in [3.63, 3.8) is 0 Å². The van der Waals surface area contributed by atoms with Gasteiger partial charge in [0.15, 0.2) is 10.9 Å². The van der Waals surface area contributed by atoms with Crippen molar-refractivity contribution in [1.29, 1.82) is 0 Å². The first-order chi connectivity index (χ1) is 12.2. The summed E-state index contributed by atoms with van der Waals surface area (Å²) in [4.78, 5) is 25.9. The van der Waals surface area contributed by atoms with Gasteiger partial charge in [-0.15, -0.1) is 0 Å². The third kappa shape index (κ3) is 2.61. The summed E-state index contributed by atoms with van der Waals surface area (Å²) >= 11 is 1.34. The molecule has 1 heterocycles. The highest BCUT2D eigenvalue weighted by molar-refractivity contribution is 8.13. The normalized spacial score (nSPS) is 21.6. The number of benzene rings is 2. The fourth-order valence-corrected chi connectivity index (χ4v) is 4.57. The second-order valence-electron chi connectivity index (χ2n) is 6.29. The predicted molar refractivity (Wildman–Crippen MR) is 102 cm³/mol. The van der Waals surface area contributed by atoms with Crippen molar-refractivity contribution in [3.8, 4) is 0 Å². The molecule has 1 N–H and O–H groups in total. The van der Waals surface area contributed by atoms with Crippen molar-refractivity contribution in [3.05, 3.63) is 76.9 Å². The Morgan fingerprint density at radius 1 is 1.08 bits per heavy atom.